The van der Waals surface area contributed by atoms with Crippen molar-refractivity contribution < 1.29 is 89.4 Å². The van der Waals surface area contributed by atoms with Crippen molar-refractivity contribution >= 4 is 5.91 Å². The molecule has 0 aliphatic carbocycles. The first-order valence-electron chi connectivity index (χ1n) is 42.9. The van der Waals surface area contributed by atoms with E-state index in [1.165, 1.54) is 308 Å². The van der Waals surface area contributed by atoms with Crippen molar-refractivity contribution in [2.45, 2.75) is 484 Å². The number of nitrogens with one attached hydrogen (secondary N) is 1. The van der Waals surface area contributed by atoms with Crippen molar-refractivity contribution in [1.29, 1.82) is 0 Å². The van der Waals surface area contributed by atoms with Gasteiger partial charge in [0.15, 0.2) is 18.9 Å². The first-order chi connectivity index (χ1) is 49.8. The molecule has 3 aliphatic heterocycles. The summed E-state index contributed by atoms with van der Waals surface area (Å²) >= 11 is 0. The van der Waals surface area contributed by atoms with Crippen LogP contribution < -0.4 is 5.32 Å². The molecular formula is C83H159NO18. The topological polar surface area (TPSA) is 307 Å². The van der Waals surface area contributed by atoms with E-state index in [0.29, 0.717) is 6.42 Å². The van der Waals surface area contributed by atoms with Gasteiger partial charge in [0.2, 0.25) is 5.91 Å². The number of rotatable bonds is 70. The zero-order chi connectivity index (χ0) is 73.9. The highest BCUT2D eigenvalue weighted by atomic mass is 16.8. The second-order valence-corrected chi connectivity index (χ2v) is 31.0. The Bertz CT molecular complexity index is 1890. The van der Waals surface area contributed by atoms with Gasteiger partial charge in [0, 0.05) is 6.42 Å². The van der Waals surface area contributed by atoms with Gasteiger partial charge in [-0.05, 0) is 19.3 Å². The number of unbranched alkanes of at least 4 members (excludes halogenated alkanes) is 54. The van der Waals surface area contributed by atoms with Gasteiger partial charge in [-0.3, -0.25) is 4.79 Å². The quantitative estimate of drug-likeness (QED) is 0.0199. The number of amides is 1. The van der Waals surface area contributed by atoms with Crippen LogP contribution in [-0.2, 0) is 33.2 Å². The predicted octanol–water partition coefficient (Wildman–Crippen LogP) is 15.1. The molecule has 3 rings (SSSR count). The molecule has 0 spiro atoms. The van der Waals surface area contributed by atoms with Crippen molar-refractivity contribution in [3.8, 4) is 0 Å². The molecule has 17 atom stereocenters. The second kappa shape index (κ2) is 64.4. The summed E-state index contributed by atoms with van der Waals surface area (Å²) in [4.78, 5) is 13.5. The Morgan fingerprint density at radius 2 is 0.608 bits per heavy atom. The molecule has 102 heavy (non-hydrogen) atoms. The van der Waals surface area contributed by atoms with Gasteiger partial charge in [-0.1, -0.05) is 366 Å². The molecule has 0 aromatic heterocycles. The van der Waals surface area contributed by atoms with Crippen molar-refractivity contribution in [1.82, 2.24) is 5.32 Å². The second-order valence-electron chi connectivity index (χ2n) is 31.0. The highest BCUT2D eigenvalue weighted by Gasteiger charge is 2.54. The van der Waals surface area contributed by atoms with Gasteiger partial charge in [-0.2, -0.15) is 0 Å². The van der Waals surface area contributed by atoms with E-state index in [1.54, 1.807) is 6.08 Å². The normalized spacial score (nSPS) is 26.1. The first kappa shape index (κ1) is 94.7. The minimum absolute atomic E-state index is 0.250. The van der Waals surface area contributed by atoms with Crippen LogP contribution in [0.5, 0.6) is 0 Å². The van der Waals surface area contributed by atoms with Gasteiger partial charge in [0.05, 0.1) is 38.6 Å². The van der Waals surface area contributed by atoms with Gasteiger partial charge in [-0.25, -0.2) is 0 Å². The number of allylic oxidation sites excluding steroid dienone is 1. The summed E-state index contributed by atoms with van der Waals surface area (Å²) in [6.07, 6.45) is 50.8. The summed E-state index contributed by atoms with van der Waals surface area (Å²) in [6, 6.07) is -0.970. The molecule has 604 valence electrons. The van der Waals surface area contributed by atoms with E-state index in [1.807, 2.05) is 6.08 Å². The predicted molar refractivity (Wildman–Crippen MR) is 407 cm³/mol. The number of aliphatic hydroxyl groups excluding tert-OH is 11. The third kappa shape index (κ3) is 43.7. The Kier molecular flexibility index (Phi) is 59.8. The van der Waals surface area contributed by atoms with Gasteiger partial charge in [0.1, 0.15) is 73.2 Å². The van der Waals surface area contributed by atoms with E-state index in [4.69, 9.17) is 28.4 Å². The smallest absolute Gasteiger partial charge is 0.220 e. The fraction of sp³-hybridized carbons (Fsp3) is 0.964. The van der Waals surface area contributed by atoms with Crippen LogP contribution in [0.15, 0.2) is 12.2 Å². The van der Waals surface area contributed by atoms with Crippen LogP contribution in [0.1, 0.15) is 380 Å². The molecule has 12 N–H and O–H groups in total. The zero-order valence-corrected chi connectivity index (χ0v) is 64.9. The Morgan fingerprint density at radius 1 is 0.343 bits per heavy atom. The summed E-state index contributed by atoms with van der Waals surface area (Å²) in [5.74, 6) is -0.266. The van der Waals surface area contributed by atoms with E-state index in [-0.39, 0.29) is 18.9 Å². The Labute approximate surface area is 620 Å². The Morgan fingerprint density at radius 3 is 0.922 bits per heavy atom. The van der Waals surface area contributed by atoms with Crippen LogP contribution >= 0.6 is 0 Å². The fourth-order valence-corrected chi connectivity index (χ4v) is 15.0. The lowest BCUT2D eigenvalue weighted by molar-refractivity contribution is -0.379. The lowest BCUT2D eigenvalue weighted by atomic mass is 9.96. The molecule has 3 fully saturated rings. The summed E-state index contributed by atoms with van der Waals surface area (Å²) in [7, 11) is 0. The molecule has 17 unspecified atom stereocenters. The molecule has 0 bridgehead atoms. The number of hydrogen-bond donors (Lipinski definition) is 12. The molecule has 3 heterocycles. The lowest BCUT2D eigenvalue weighted by Gasteiger charge is -2.48. The Hall–Kier alpha value is -1.47. The molecule has 19 nitrogen and oxygen atoms in total. The van der Waals surface area contributed by atoms with E-state index in [2.05, 4.69) is 19.2 Å². The molecule has 3 saturated heterocycles. The molecule has 3 aliphatic rings. The maximum Gasteiger partial charge on any atom is 0.220 e. The van der Waals surface area contributed by atoms with Crippen LogP contribution in [0.2, 0.25) is 0 Å². The number of carbonyl (C=O) groups excluding carboxylic acids is 1. The van der Waals surface area contributed by atoms with Gasteiger partial charge in [-0.15, -0.1) is 0 Å². The van der Waals surface area contributed by atoms with Crippen LogP contribution in [0.4, 0.5) is 0 Å². The zero-order valence-electron chi connectivity index (χ0n) is 64.9. The van der Waals surface area contributed by atoms with Crippen molar-refractivity contribution in [3.63, 3.8) is 0 Å². The minimum Gasteiger partial charge on any atom is -0.394 e. The largest absolute Gasteiger partial charge is 0.394 e. The van der Waals surface area contributed by atoms with E-state index >= 15 is 0 Å². The average Bonchev–Trinajstić information content (AvgIpc) is 0.781. The van der Waals surface area contributed by atoms with E-state index < -0.39 is 124 Å². The molecule has 0 saturated carbocycles. The number of ether oxygens (including phenoxy) is 6. The lowest BCUT2D eigenvalue weighted by Crippen LogP contribution is -2.66. The third-order valence-corrected chi connectivity index (χ3v) is 21.8. The van der Waals surface area contributed by atoms with Crippen LogP contribution in [0.25, 0.3) is 0 Å². The van der Waals surface area contributed by atoms with Crippen molar-refractivity contribution in [2.75, 3.05) is 26.4 Å². The summed E-state index contributed by atoms with van der Waals surface area (Å²) in [6.45, 7) is 1.81. The maximum absolute atomic E-state index is 13.5. The summed E-state index contributed by atoms with van der Waals surface area (Å²) in [5.41, 5.74) is 0. The van der Waals surface area contributed by atoms with Gasteiger partial charge >= 0.3 is 0 Å². The van der Waals surface area contributed by atoms with E-state index in [0.717, 1.165) is 44.9 Å². The summed E-state index contributed by atoms with van der Waals surface area (Å²) in [5, 5.41) is 121. The molecule has 1 amide bonds. The monoisotopic (exact) mass is 1460 g/mol. The minimum atomic E-state index is -1.98. The highest BCUT2D eigenvalue weighted by Crippen LogP contribution is 2.34. The summed E-state index contributed by atoms with van der Waals surface area (Å²) < 4.78 is 34.5. The van der Waals surface area contributed by atoms with Crippen LogP contribution in [0.3, 0.4) is 0 Å². The molecule has 0 radical (unpaired) electrons. The SMILES string of the molecule is CCCCCCCCCCCCCCCCCCCCCC/C=C/C(O)C(COC1OC(CO)C(OC2OC(CO)C(OC3OC(CO)C(O)C(O)C3O)C(O)C2O)C(O)C1O)NC(=O)CCCCCCCCCCCCCCCCCCCCCCCCCCCCCCCCCCCCC. The van der Waals surface area contributed by atoms with Crippen molar-refractivity contribution in [3.05, 3.63) is 12.2 Å². The fourth-order valence-electron chi connectivity index (χ4n) is 15.0. The van der Waals surface area contributed by atoms with Crippen LogP contribution in [-0.4, -0.2) is 193 Å². The standard InChI is InChI=1S/C83H159NO18/c1-3-5-7-9-11-13-15-17-19-21-23-25-27-28-29-30-31-32-33-34-35-36-37-38-39-41-43-45-47-49-51-53-55-57-59-61-71(89)84-66(67(88)60-58-56-54-52-50-48-46-44-42-40-26-24-22-20-18-16-14-12-10-8-6-4-2)65-97-81-77(95)74(92)79(69(63-86)99-81)102-83-78(96)75(93)80(70(64-87)100-83)101-82-76(94)73(91)72(90)68(62-85)98-82/h58,60,66-70,72-83,85-88,90-96H,3-57,59,61-65H2,1-2H3,(H,84,89)/b60-58+. The Balaban J connectivity index is 1.32. The molecule has 0 aromatic carbocycles. The first-order valence-corrected chi connectivity index (χ1v) is 42.9. The molecule has 0 aromatic rings. The number of aliphatic hydroxyl groups is 11. The molecule has 19 heteroatoms. The number of carbonyl (C=O) groups is 1. The third-order valence-electron chi connectivity index (χ3n) is 21.8. The van der Waals surface area contributed by atoms with E-state index in [9.17, 15) is 61.0 Å². The highest BCUT2D eigenvalue weighted by molar-refractivity contribution is 5.76. The van der Waals surface area contributed by atoms with Crippen LogP contribution in [0, 0.1) is 0 Å². The van der Waals surface area contributed by atoms with Gasteiger partial charge in [0.25, 0.3) is 0 Å². The number of hydrogen-bond acceptors (Lipinski definition) is 18. The average molecular weight is 1460 g/mol. The maximum atomic E-state index is 13.5. The van der Waals surface area contributed by atoms with Gasteiger partial charge < -0.3 is 89.9 Å². The molecular weight excluding hydrogens is 1300 g/mol. The van der Waals surface area contributed by atoms with Crippen molar-refractivity contribution in [2.24, 2.45) is 0 Å².